The van der Waals surface area contributed by atoms with E-state index in [4.69, 9.17) is 5.73 Å². The van der Waals surface area contributed by atoms with Gasteiger partial charge in [0, 0.05) is 5.75 Å². The van der Waals surface area contributed by atoms with Crippen molar-refractivity contribution in [3.8, 4) is 0 Å². The highest BCUT2D eigenvalue weighted by Crippen LogP contribution is 2.08. The van der Waals surface area contributed by atoms with Crippen LogP contribution in [0.2, 0.25) is 0 Å². The van der Waals surface area contributed by atoms with Crippen molar-refractivity contribution in [2.24, 2.45) is 11.7 Å². The van der Waals surface area contributed by atoms with Crippen molar-refractivity contribution in [2.45, 2.75) is 26.8 Å². The molecule has 0 aliphatic carbocycles. The molecule has 0 aromatic carbocycles. The minimum atomic E-state index is -0.252. The van der Waals surface area contributed by atoms with Crippen molar-refractivity contribution in [1.29, 1.82) is 0 Å². The van der Waals surface area contributed by atoms with Crippen molar-refractivity contribution in [3.05, 3.63) is 0 Å². The number of nitrogens with one attached hydrogen (secondary N) is 1. The molecule has 1 atom stereocenters. The minimum absolute atomic E-state index is 0.172. The molecule has 78 valence electrons. The summed E-state index contributed by atoms with van der Waals surface area (Å²) in [6.07, 6.45) is 0. The number of nitrogens with two attached hydrogens (primary N) is 1. The van der Waals surface area contributed by atoms with Crippen LogP contribution in [0.15, 0.2) is 0 Å². The van der Waals surface area contributed by atoms with E-state index in [0.29, 0.717) is 5.92 Å². The van der Waals surface area contributed by atoms with Crippen LogP contribution in [-0.2, 0) is 4.79 Å². The Kier molecular flexibility index (Phi) is 7.09. The van der Waals surface area contributed by atoms with Gasteiger partial charge >= 0.3 is 0 Å². The Morgan fingerprint density at radius 3 is 2.46 bits per heavy atom. The van der Waals surface area contributed by atoms with E-state index >= 15 is 0 Å². The molecule has 0 fully saturated rings. The Bertz CT molecular complexity index is 151. The summed E-state index contributed by atoms with van der Waals surface area (Å²) in [4.78, 5) is 10.9. The van der Waals surface area contributed by atoms with Gasteiger partial charge in [-0.25, -0.2) is 0 Å². The average molecular weight is 204 g/mol. The number of hydrogen-bond donors (Lipinski definition) is 2. The molecule has 0 rings (SSSR count). The van der Waals surface area contributed by atoms with E-state index in [1.807, 2.05) is 6.92 Å². The molecule has 1 unspecified atom stereocenters. The monoisotopic (exact) mass is 204 g/mol. The fourth-order valence-electron chi connectivity index (χ4n) is 0.910. The molecule has 4 heteroatoms. The fourth-order valence-corrected chi connectivity index (χ4v) is 2.03. The van der Waals surface area contributed by atoms with Gasteiger partial charge in [0.05, 0.1) is 6.04 Å². The Morgan fingerprint density at radius 2 is 2.08 bits per heavy atom. The van der Waals surface area contributed by atoms with Crippen molar-refractivity contribution >= 4 is 17.7 Å². The third-order valence-corrected chi connectivity index (χ3v) is 3.00. The third kappa shape index (κ3) is 6.90. The van der Waals surface area contributed by atoms with E-state index in [2.05, 4.69) is 19.2 Å². The molecular formula is C9H20N2OS. The van der Waals surface area contributed by atoms with E-state index < -0.39 is 0 Å². The maximum atomic E-state index is 10.9. The van der Waals surface area contributed by atoms with Gasteiger partial charge in [-0.2, -0.15) is 11.8 Å². The van der Waals surface area contributed by atoms with Crippen LogP contribution in [-0.4, -0.2) is 30.0 Å². The second kappa shape index (κ2) is 7.21. The molecule has 0 bridgehead atoms. The lowest BCUT2D eigenvalue weighted by molar-refractivity contribution is -0.119. The van der Waals surface area contributed by atoms with E-state index in [1.165, 1.54) is 0 Å². The van der Waals surface area contributed by atoms with Crippen LogP contribution in [0.25, 0.3) is 0 Å². The molecule has 0 aromatic rings. The first-order valence-electron chi connectivity index (χ1n) is 4.68. The van der Waals surface area contributed by atoms with Gasteiger partial charge in [-0.1, -0.05) is 20.8 Å². The first-order chi connectivity index (χ1) is 6.07. The largest absolute Gasteiger partial charge is 0.368 e. The van der Waals surface area contributed by atoms with Gasteiger partial charge in [-0.3, -0.25) is 4.79 Å². The summed E-state index contributed by atoms with van der Waals surface area (Å²) < 4.78 is 0. The molecule has 3 N–H and O–H groups in total. The molecule has 0 radical (unpaired) electrons. The number of carbonyl (C=O) groups is 1. The highest BCUT2D eigenvalue weighted by Gasteiger charge is 2.13. The smallest absolute Gasteiger partial charge is 0.235 e. The van der Waals surface area contributed by atoms with Crippen LogP contribution in [0.4, 0.5) is 0 Å². The summed E-state index contributed by atoms with van der Waals surface area (Å²) in [6, 6.07) is -0.172. The van der Waals surface area contributed by atoms with Crippen LogP contribution < -0.4 is 11.1 Å². The van der Waals surface area contributed by atoms with Crippen molar-refractivity contribution < 1.29 is 4.79 Å². The topological polar surface area (TPSA) is 55.1 Å². The maximum absolute atomic E-state index is 10.9. The zero-order valence-corrected chi connectivity index (χ0v) is 9.49. The highest BCUT2D eigenvalue weighted by atomic mass is 32.2. The molecular weight excluding hydrogens is 184 g/mol. The highest BCUT2D eigenvalue weighted by molar-refractivity contribution is 7.99. The number of primary amides is 1. The summed E-state index contributed by atoms with van der Waals surface area (Å²) in [5.41, 5.74) is 5.22. The number of amides is 1. The van der Waals surface area contributed by atoms with Crippen LogP contribution in [0, 0.1) is 5.92 Å². The molecule has 0 aliphatic heterocycles. The predicted octanol–water partition coefficient (Wildman–Crippen LogP) is 0.839. The summed E-state index contributed by atoms with van der Waals surface area (Å²) in [5, 5.41) is 3.06. The molecule has 3 nitrogen and oxygen atoms in total. The zero-order chi connectivity index (χ0) is 10.3. The second-order valence-corrected chi connectivity index (χ2v) is 4.52. The van der Waals surface area contributed by atoms with Gasteiger partial charge in [0.25, 0.3) is 0 Å². The summed E-state index contributed by atoms with van der Waals surface area (Å²) in [6.45, 7) is 7.10. The SMILES string of the molecule is CCNC(CSCC(C)C)C(N)=O. The van der Waals surface area contributed by atoms with E-state index in [-0.39, 0.29) is 11.9 Å². The van der Waals surface area contributed by atoms with Crippen LogP contribution >= 0.6 is 11.8 Å². The molecule has 13 heavy (non-hydrogen) atoms. The normalized spacial score (nSPS) is 13.2. The summed E-state index contributed by atoms with van der Waals surface area (Å²) >= 11 is 1.77. The van der Waals surface area contributed by atoms with Gasteiger partial charge in [-0.15, -0.1) is 0 Å². The quantitative estimate of drug-likeness (QED) is 0.646. The molecule has 0 spiro atoms. The summed E-state index contributed by atoms with van der Waals surface area (Å²) in [5.74, 6) is 2.27. The number of rotatable bonds is 7. The lowest BCUT2D eigenvalue weighted by atomic mass is 10.3. The molecule has 0 heterocycles. The van der Waals surface area contributed by atoms with Crippen LogP contribution in [0.1, 0.15) is 20.8 Å². The first kappa shape index (κ1) is 12.8. The van der Waals surface area contributed by atoms with Crippen LogP contribution in [0.5, 0.6) is 0 Å². The fraction of sp³-hybridized carbons (Fsp3) is 0.889. The van der Waals surface area contributed by atoms with Crippen LogP contribution in [0.3, 0.4) is 0 Å². The Labute approximate surface area is 84.8 Å². The first-order valence-corrected chi connectivity index (χ1v) is 5.83. The minimum Gasteiger partial charge on any atom is -0.368 e. The van der Waals surface area contributed by atoms with Gasteiger partial charge in [0.1, 0.15) is 0 Å². The zero-order valence-electron chi connectivity index (χ0n) is 8.67. The van der Waals surface area contributed by atoms with Gasteiger partial charge < -0.3 is 11.1 Å². The molecule has 0 aliphatic rings. The van der Waals surface area contributed by atoms with Gasteiger partial charge in [0.2, 0.25) is 5.91 Å². The standard InChI is InChI=1S/C9H20N2OS/c1-4-11-8(9(10)12)6-13-5-7(2)3/h7-8,11H,4-6H2,1-3H3,(H2,10,12). The number of carbonyl (C=O) groups excluding carboxylic acids is 1. The molecule has 1 amide bonds. The maximum Gasteiger partial charge on any atom is 0.235 e. The number of thioether (sulfide) groups is 1. The van der Waals surface area contributed by atoms with Gasteiger partial charge in [-0.05, 0) is 18.2 Å². The van der Waals surface area contributed by atoms with Gasteiger partial charge in [0.15, 0.2) is 0 Å². The van der Waals surface area contributed by atoms with Crippen molar-refractivity contribution in [2.75, 3.05) is 18.1 Å². The van der Waals surface area contributed by atoms with E-state index in [1.54, 1.807) is 11.8 Å². The number of hydrogen-bond acceptors (Lipinski definition) is 3. The Morgan fingerprint density at radius 1 is 1.46 bits per heavy atom. The molecule has 0 saturated heterocycles. The van der Waals surface area contributed by atoms with Crippen molar-refractivity contribution in [1.82, 2.24) is 5.32 Å². The second-order valence-electron chi connectivity index (χ2n) is 3.44. The summed E-state index contributed by atoms with van der Waals surface area (Å²) in [7, 11) is 0. The van der Waals surface area contributed by atoms with Crippen molar-refractivity contribution in [3.63, 3.8) is 0 Å². The predicted molar refractivity (Wildman–Crippen MR) is 58.8 cm³/mol. The lowest BCUT2D eigenvalue weighted by Gasteiger charge is -2.14. The van der Waals surface area contributed by atoms with E-state index in [9.17, 15) is 4.79 Å². The Hall–Kier alpha value is -0.220. The molecule has 0 saturated carbocycles. The Balaban J connectivity index is 3.63. The third-order valence-electron chi connectivity index (χ3n) is 1.53. The average Bonchev–Trinajstić information content (AvgIpc) is 2.02. The van der Waals surface area contributed by atoms with E-state index in [0.717, 1.165) is 18.1 Å². The molecule has 0 aromatic heterocycles. The lowest BCUT2D eigenvalue weighted by Crippen LogP contribution is -2.43. The number of likely N-dealkylation sites (N-methyl/N-ethyl adjacent to an activating group) is 1.